The van der Waals surface area contributed by atoms with Gasteiger partial charge in [0.25, 0.3) is 5.91 Å². The average molecular weight is 293 g/mol. The van der Waals surface area contributed by atoms with Crippen LogP contribution in [0.5, 0.6) is 0 Å². The molecule has 4 nitrogen and oxygen atoms in total. The Morgan fingerprint density at radius 2 is 2.10 bits per heavy atom. The largest absolute Gasteiger partial charge is 0.478 e. The van der Waals surface area contributed by atoms with Gasteiger partial charge in [-0.25, -0.2) is 4.79 Å². The normalized spacial score (nSPS) is 16.8. The number of hydrogen-bond acceptors (Lipinski definition) is 3. The maximum atomic E-state index is 12.3. The standard InChI is InChI=1S/C15H19NO3S/c1-2-11-7-9-16(10-8-11)15(19)13-5-3-12(20-13)4-6-14(17)18/h3-6,11H,2,7-10H2,1H3,(H,17,18). The highest BCUT2D eigenvalue weighted by Crippen LogP contribution is 2.24. The number of carbonyl (C=O) groups is 2. The third-order valence-corrected chi connectivity index (χ3v) is 4.75. The lowest BCUT2D eigenvalue weighted by Crippen LogP contribution is -2.37. The molecule has 1 aliphatic heterocycles. The zero-order valence-corrected chi connectivity index (χ0v) is 12.4. The van der Waals surface area contributed by atoms with Gasteiger partial charge < -0.3 is 10.0 Å². The van der Waals surface area contributed by atoms with Crippen LogP contribution >= 0.6 is 11.3 Å². The number of piperidine rings is 1. The summed E-state index contributed by atoms with van der Waals surface area (Å²) in [6.45, 7) is 3.85. The van der Waals surface area contributed by atoms with Crippen molar-refractivity contribution in [3.05, 3.63) is 28.0 Å². The van der Waals surface area contributed by atoms with E-state index in [1.165, 1.54) is 23.8 Å². The molecule has 0 bridgehead atoms. The molecule has 5 heteroatoms. The van der Waals surface area contributed by atoms with Gasteiger partial charge in [-0.1, -0.05) is 13.3 Å². The lowest BCUT2D eigenvalue weighted by molar-refractivity contribution is -0.131. The number of likely N-dealkylation sites (tertiary alicyclic amines) is 1. The molecule has 1 saturated heterocycles. The zero-order valence-electron chi connectivity index (χ0n) is 11.5. The van der Waals surface area contributed by atoms with Gasteiger partial charge in [0.05, 0.1) is 4.88 Å². The Balaban J connectivity index is 1.98. The molecule has 1 N–H and O–H groups in total. The number of carboxylic acid groups (broad SMARTS) is 1. The molecule has 108 valence electrons. The van der Waals surface area contributed by atoms with Gasteiger partial charge in [-0.2, -0.15) is 0 Å². The van der Waals surface area contributed by atoms with Crippen LogP contribution in [-0.2, 0) is 4.79 Å². The summed E-state index contributed by atoms with van der Waals surface area (Å²) in [4.78, 5) is 26.2. The van der Waals surface area contributed by atoms with Crippen LogP contribution < -0.4 is 0 Å². The van der Waals surface area contributed by atoms with Gasteiger partial charge in [0.2, 0.25) is 0 Å². The molecule has 0 atom stereocenters. The first-order valence-corrected chi connectivity index (χ1v) is 7.72. The maximum absolute atomic E-state index is 12.3. The van der Waals surface area contributed by atoms with Crippen molar-refractivity contribution >= 4 is 29.3 Å². The highest BCUT2D eigenvalue weighted by atomic mass is 32.1. The molecule has 0 radical (unpaired) electrons. The molecular formula is C15H19NO3S. The number of amides is 1. The van der Waals surface area contributed by atoms with Crippen molar-refractivity contribution in [3.8, 4) is 0 Å². The maximum Gasteiger partial charge on any atom is 0.328 e. The highest BCUT2D eigenvalue weighted by molar-refractivity contribution is 7.14. The van der Waals surface area contributed by atoms with Gasteiger partial charge in [-0.15, -0.1) is 11.3 Å². The molecule has 0 aliphatic carbocycles. The van der Waals surface area contributed by atoms with Crippen LogP contribution in [-0.4, -0.2) is 35.0 Å². The second-order valence-electron chi connectivity index (χ2n) is 5.02. The molecule has 0 saturated carbocycles. The molecule has 0 spiro atoms. The Bertz CT molecular complexity index is 513. The van der Waals surface area contributed by atoms with Crippen molar-refractivity contribution in [2.24, 2.45) is 5.92 Å². The summed E-state index contributed by atoms with van der Waals surface area (Å²) in [5, 5.41) is 8.59. The van der Waals surface area contributed by atoms with E-state index < -0.39 is 5.97 Å². The summed E-state index contributed by atoms with van der Waals surface area (Å²) in [7, 11) is 0. The first-order valence-electron chi connectivity index (χ1n) is 6.90. The Kier molecular flexibility index (Phi) is 4.95. The fourth-order valence-electron chi connectivity index (χ4n) is 2.41. The summed E-state index contributed by atoms with van der Waals surface area (Å²) in [5.41, 5.74) is 0. The van der Waals surface area contributed by atoms with E-state index in [0.717, 1.165) is 42.8 Å². The van der Waals surface area contributed by atoms with Crippen LogP contribution in [0, 0.1) is 5.92 Å². The molecule has 20 heavy (non-hydrogen) atoms. The smallest absolute Gasteiger partial charge is 0.328 e. The third kappa shape index (κ3) is 3.70. The quantitative estimate of drug-likeness (QED) is 0.868. The molecule has 0 unspecified atom stereocenters. The number of carboxylic acids is 1. The minimum atomic E-state index is -0.979. The van der Waals surface area contributed by atoms with E-state index in [4.69, 9.17) is 5.11 Å². The minimum Gasteiger partial charge on any atom is -0.478 e. The van der Waals surface area contributed by atoms with Crippen molar-refractivity contribution < 1.29 is 14.7 Å². The number of carbonyl (C=O) groups excluding carboxylic acids is 1. The van der Waals surface area contributed by atoms with Gasteiger partial charge in [0.15, 0.2) is 0 Å². The average Bonchev–Trinajstić information content (AvgIpc) is 2.93. The predicted molar refractivity (Wildman–Crippen MR) is 79.9 cm³/mol. The summed E-state index contributed by atoms with van der Waals surface area (Å²) in [6, 6.07) is 3.57. The second kappa shape index (κ2) is 6.70. The van der Waals surface area contributed by atoms with Crippen molar-refractivity contribution in [2.75, 3.05) is 13.1 Å². The monoisotopic (exact) mass is 293 g/mol. The number of rotatable bonds is 4. The van der Waals surface area contributed by atoms with E-state index in [1.807, 2.05) is 4.90 Å². The molecule has 1 aromatic heterocycles. The molecule has 1 aliphatic rings. The van der Waals surface area contributed by atoms with Crippen LogP contribution in [0.1, 0.15) is 40.7 Å². The highest BCUT2D eigenvalue weighted by Gasteiger charge is 2.23. The molecular weight excluding hydrogens is 274 g/mol. The molecule has 1 amide bonds. The molecule has 1 fully saturated rings. The summed E-state index contributed by atoms with van der Waals surface area (Å²) in [6.07, 6.45) is 5.96. The summed E-state index contributed by atoms with van der Waals surface area (Å²) in [5.74, 6) is -0.163. The molecule has 0 aromatic carbocycles. The van der Waals surface area contributed by atoms with Crippen LogP contribution in [0.3, 0.4) is 0 Å². The van der Waals surface area contributed by atoms with Crippen molar-refractivity contribution in [1.29, 1.82) is 0 Å². The Hall–Kier alpha value is -1.62. The van der Waals surface area contributed by atoms with E-state index >= 15 is 0 Å². The van der Waals surface area contributed by atoms with Crippen molar-refractivity contribution in [2.45, 2.75) is 26.2 Å². The third-order valence-electron chi connectivity index (χ3n) is 3.71. The Morgan fingerprint density at radius 3 is 2.70 bits per heavy atom. The first-order chi connectivity index (χ1) is 9.60. The van der Waals surface area contributed by atoms with Gasteiger partial charge in [-0.3, -0.25) is 4.79 Å². The first kappa shape index (κ1) is 14.8. The summed E-state index contributed by atoms with van der Waals surface area (Å²) < 4.78 is 0. The Labute approximate surface area is 122 Å². The van der Waals surface area contributed by atoms with E-state index in [9.17, 15) is 9.59 Å². The van der Waals surface area contributed by atoms with E-state index in [0.29, 0.717) is 4.88 Å². The number of aliphatic carboxylic acids is 1. The molecule has 2 rings (SSSR count). The molecule has 2 heterocycles. The minimum absolute atomic E-state index is 0.0690. The van der Waals surface area contributed by atoms with Gasteiger partial charge in [0.1, 0.15) is 0 Å². The zero-order chi connectivity index (χ0) is 14.5. The van der Waals surface area contributed by atoms with Crippen LogP contribution in [0.15, 0.2) is 18.2 Å². The molecule has 1 aromatic rings. The number of nitrogens with zero attached hydrogens (tertiary/aromatic N) is 1. The van der Waals surface area contributed by atoms with E-state index in [2.05, 4.69) is 6.92 Å². The van der Waals surface area contributed by atoms with Crippen molar-refractivity contribution in [1.82, 2.24) is 4.90 Å². The van der Waals surface area contributed by atoms with Crippen LogP contribution in [0.25, 0.3) is 6.08 Å². The van der Waals surface area contributed by atoms with Crippen LogP contribution in [0.2, 0.25) is 0 Å². The van der Waals surface area contributed by atoms with Crippen molar-refractivity contribution in [3.63, 3.8) is 0 Å². The Morgan fingerprint density at radius 1 is 1.40 bits per heavy atom. The fourth-order valence-corrected chi connectivity index (χ4v) is 3.29. The fraction of sp³-hybridized carbons (Fsp3) is 0.467. The summed E-state index contributed by atoms with van der Waals surface area (Å²) >= 11 is 1.34. The lowest BCUT2D eigenvalue weighted by Gasteiger charge is -2.31. The van der Waals surface area contributed by atoms with E-state index in [-0.39, 0.29) is 5.91 Å². The second-order valence-corrected chi connectivity index (χ2v) is 6.13. The lowest BCUT2D eigenvalue weighted by atomic mass is 9.94. The van der Waals surface area contributed by atoms with E-state index in [1.54, 1.807) is 12.1 Å². The number of thiophene rings is 1. The van der Waals surface area contributed by atoms with Crippen LogP contribution in [0.4, 0.5) is 0 Å². The SMILES string of the molecule is CCC1CCN(C(=O)c2ccc(C=CC(=O)O)s2)CC1. The number of hydrogen-bond donors (Lipinski definition) is 1. The van der Waals surface area contributed by atoms with Gasteiger partial charge in [0, 0.05) is 24.0 Å². The van der Waals surface area contributed by atoms with Gasteiger partial charge in [-0.05, 0) is 37.0 Å². The van der Waals surface area contributed by atoms with Gasteiger partial charge >= 0.3 is 5.97 Å². The predicted octanol–water partition coefficient (Wildman–Crippen LogP) is 3.11. The topological polar surface area (TPSA) is 57.6 Å².